The van der Waals surface area contributed by atoms with E-state index in [4.69, 9.17) is 10.5 Å². The number of benzene rings is 1. The Morgan fingerprint density at radius 3 is 2.89 bits per heavy atom. The van der Waals surface area contributed by atoms with Gasteiger partial charge in [0.2, 0.25) is 0 Å². The van der Waals surface area contributed by atoms with Crippen molar-refractivity contribution in [1.29, 1.82) is 0 Å². The lowest BCUT2D eigenvalue weighted by Crippen LogP contribution is -2.37. The lowest BCUT2D eigenvalue weighted by molar-refractivity contribution is 0.241. The van der Waals surface area contributed by atoms with Crippen LogP contribution in [-0.2, 0) is 0 Å². The third kappa shape index (κ3) is 4.42. The number of hydrogen-bond acceptors (Lipinski definition) is 4. The Balaban J connectivity index is 1.62. The molecule has 0 amide bonds. The van der Waals surface area contributed by atoms with E-state index in [1.807, 2.05) is 24.3 Å². The highest BCUT2D eigenvalue weighted by Crippen LogP contribution is 2.18. The zero-order valence-electron chi connectivity index (χ0n) is 11.0. The van der Waals surface area contributed by atoms with Crippen LogP contribution in [0.2, 0.25) is 0 Å². The van der Waals surface area contributed by atoms with Crippen LogP contribution < -0.4 is 10.5 Å². The smallest absolute Gasteiger partial charge is 0.119 e. The largest absolute Gasteiger partial charge is 0.494 e. The van der Waals surface area contributed by atoms with Crippen molar-refractivity contribution in [2.24, 2.45) is 0 Å². The second-order valence-electron chi connectivity index (χ2n) is 4.75. The van der Waals surface area contributed by atoms with Crippen LogP contribution in [-0.4, -0.2) is 42.1 Å². The number of ether oxygens (including phenoxy) is 1. The van der Waals surface area contributed by atoms with Gasteiger partial charge in [-0.1, -0.05) is 6.92 Å². The fourth-order valence-corrected chi connectivity index (χ4v) is 3.22. The Bertz CT molecular complexity index is 355. The molecule has 1 unspecified atom stereocenters. The van der Waals surface area contributed by atoms with Crippen molar-refractivity contribution in [1.82, 2.24) is 4.90 Å². The molecular weight excluding hydrogens is 244 g/mol. The second kappa shape index (κ2) is 6.90. The summed E-state index contributed by atoms with van der Waals surface area (Å²) in [5.41, 5.74) is 6.41. The first kappa shape index (κ1) is 13.6. The molecule has 0 saturated carbocycles. The third-order valence-corrected chi connectivity index (χ3v) is 4.23. The molecular formula is C14H22N2OS. The fraction of sp³-hybridized carbons (Fsp3) is 0.571. The van der Waals surface area contributed by atoms with E-state index in [0.29, 0.717) is 0 Å². The second-order valence-corrected chi connectivity index (χ2v) is 6.30. The predicted octanol–water partition coefficient (Wildman–Crippen LogP) is 2.48. The number of thioether (sulfide) groups is 1. The van der Waals surface area contributed by atoms with E-state index < -0.39 is 0 Å². The van der Waals surface area contributed by atoms with Crippen LogP contribution in [0.15, 0.2) is 24.3 Å². The average molecular weight is 266 g/mol. The number of hydrogen-bond donors (Lipinski definition) is 1. The number of nitrogens with zero attached hydrogens (tertiary/aromatic N) is 1. The molecule has 1 aliphatic rings. The van der Waals surface area contributed by atoms with Crippen LogP contribution in [0, 0.1) is 0 Å². The number of anilines is 1. The van der Waals surface area contributed by atoms with Gasteiger partial charge in [0.1, 0.15) is 5.75 Å². The Kier molecular flexibility index (Phi) is 5.20. The minimum absolute atomic E-state index is 0.775. The number of nitrogen functional groups attached to an aromatic ring is 1. The maximum Gasteiger partial charge on any atom is 0.119 e. The highest BCUT2D eigenvalue weighted by atomic mass is 32.2. The summed E-state index contributed by atoms with van der Waals surface area (Å²) in [7, 11) is 0. The molecule has 0 radical (unpaired) electrons. The number of nitrogens with two attached hydrogens (primary N) is 1. The first-order valence-electron chi connectivity index (χ1n) is 6.56. The van der Waals surface area contributed by atoms with Crippen molar-refractivity contribution >= 4 is 17.4 Å². The van der Waals surface area contributed by atoms with Gasteiger partial charge in [0.25, 0.3) is 0 Å². The molecule has 1 atom stereocenters. The highest BCUT2D eigenvalue weighted by molar-refractivity contribution is 7.99. The fourth-order valence-electron chi connectivity index (χ4n) is 2.14. The highest BCUT2D eigenvalue weighted by Gasteiger charge is 2.15. The van der Waals surface area contributed by atoms with E-state index in [0.717, 1.165) is 36.3 Å². The number of rotatable bonds is 5. The predicted molar refractivity (Wildman–Crippen MR) is 79.3 cm³/mol. The van der Waals surface area contributed by atoms with Gasteiger partial charge < -0.3 is 15.4 Å². The van der Waals surface area contributed by atoms with Gasteiger partial charge in [-0.15, -0.1) is 0 Å². The van der Waals surface area contributed by atoms with E-state index in [1.54, 1.807) is 0 Å². The Morgan fingerprint density at radius 1 is 1.39 bits per heavy atom. The van der Waals surface area contributed by atoms with Crippen molar-refractivity contribution in [3.05, 3.63) is 24.3 Å². The standard InChI is InChI=1S/C14H22N2OS/c1-12-11-16(8-10-18-12)7-2-9-17-14-5-3-13(15)4-6-14/h3-6,12H,2,7-11,15H2,1H3. The van der Waals surface area contributed by atoms with Gasteiger partial charge in [-0.3, -0.25) is 0 Å². The minimum Gasteiger partial charge on any atom is -0.494 e. The summed E-state index contributed by atoms with van der Waals surface area (Å²) in [5.74, 6) is 2.17. The third-order valence-electron chi connectivity index (χ3n) is 3.09. The van der Waals surface area contributed by atoms with Crippen molar-refractivity contribution in [2.75, 3.05) is 37.7 Å². The summed E-state index contributed by atoms with van der Waals surface area (Å²) >= 11 is 2.07. The summed E-state index contributed by atoms with van der Waals surface area (Å²) < 4.78 is 5.69. The maximum absolute atomic E-state index is 5.69. The SMILES string of the molecule is CC1CN(CCCOc2ccc(N)cc2)CCS1. The molecule has 0 bridgehead atoms. The van der Waals surface area contributed by atoms with Crippen LogP contribution in [0.25, 0.3) is 0 Å². The van der Waals surface area contributed by atoms with Crippen molar-refractivity contribution in [3.8, 4) is 5.75 Å². The Hall–Kier alpha value is -0.870. The molecule has 1 aromatic rings. The summed E-state index contributed by atoms with van der Waals surface area (Å²) in [4.78, 5) is 2.54. The monoisotopic (exact) mass is 266 g/mol. The lowest BCUT2D eigenvalue weighted by Gasteiger charge is -2.30. The van der Waals surface area contributed by atoms with Crippen LogP contribution in [0.5, 0.6) is 5.75 Å². The molecule has 2 rings (SSSR count). The lowest BCUT2D eigenvalue weighted by atomic mass is 10.3. The van der Waals surface area contributed by atoms with Gasteiger partial charge in [-0.05, 0) is 30.7 Å². The van der Waals surface area contributed by atoms with Crippen LogP contribution >= 0.6 is 11.8 Å². The molecule has 0 aliphatic carbocycles. The van der Waals surface area contributed by atoms with Gasteiger partial charge >= 0.3 is 0 Å². The molecule has 0 aromatic heterocycles. The molecule has 1 fully saturated rings. The van der Waals surface area contributed by atoms with Crippen LogP contribution in [0.4, 0.5) is 5.69 Å². The summed E-state index contributed by atoms with van der Waals surface area (Å²) in [6.45, 7) is 6.66. The molecule has 2 N–H and O–H groups in total. The van der Waals surface area contributed by atoms with E-state index in [9.17, 15) is 0 Å². The van der Waals surface area contributed by atoms with Gasteiger partial charge in [0, 0.05) is 36.3 Å². The molecule has 18 heavy (non-hydrogen) atoms. The molecule has 1 aromatic carbocycles. The zero-order chi connectivity index (χ0) is 12.8. The van der Waals surface area contributed by atoms with Crippen LogP contribution in [0.1, 0.15) is 13.3 Å². The first-order valence-corrected chi connectivity index (χ1v) is 7.61. The topological polar surface area (TPSA) is 38.5 Å². The first-order chi connectivity index (χ1) is 8.74. The molecule has 1 aliphatic heterocycles. The van der Waals surface area contributed by atoms with Crippen LogP contribution in [0.3, 0.4) is 0 Å². The van der Waals surface area contributed by atoms with Gasteiger partial charge in [-0.25, -0.2) is 0 Å². The van der Waals surface area contributed by atoms with Crippen molar-refractivity contribution in [3.63, 3.8) is 0 Å². The van der Waals surface area contributed by atoms with E-state index >= 15 is 0 Å². The Morgan fingerprint density at radius 2 is 2.17 bits per heavy atom. The normalized spacial score (nSPS) is 20.8. The Labute approximate surface area is 114 Å². The van der Waals surface area contributed by atoms with E-state index in [2.05, 4.69) is 23.6 Å². The van der Waals surface area contributed by atoms with Gasteiger partial charge in [-0.2, -0.15) is 11.8 Å². The minimum atomic E-state index is 0.775. The molecule has 0 spiro atoms. The zero-order valence-corrected chi connectivity index (χ0v) is 11.8. The van der Waals surface area contributed by atoms with Gasteiger partial charge in [0.05, 0.1) is 6.61 Å². The molecule has 4 heteroatoms. The molecule has 1 heterocycles. The maximum atomic E-state index is 5.69. The molecule has 100 valence electrons. The van der Waals surface area contributed by atoms with Gasteiger partial charge in [0.15, 0.2) is 0 Å². The summed E-state index contributed by atoms with van der Waals surface area (Å²) in [6, 6.07) is 7.60. The summed E-state index contributed by atoms with van der Waals surface area (Å²) in [5, 5.41) is 0.775. The van der Waals surface area contributed by atoms with Crippen molar-refractivity contribution in [2.45, 2.75) is 18.6 Å². The quantitative estimate of drug-likeness (QED) is 0.656. The van der Waals surface area contributed by atoms with E-state index in [1.165, 1.54) is 18.8 Å². The molecule has 1 saturated heterocycles. The average Bonchev–Trinajstić information content (AvgIpc) is 2.37. The van der Waals surface area contributed by atoms with Crippen molar-refractivity contribution < 1.29 is 4.74 Å². The van der Waals surface area contributed by atoms with E-state index in [-0.39, 0.29) is 0 Å². The summed E-state index contributed by atoms with van der Waals surface area (Å²) in [6.07, 6.45) is 1.09. The molecule has 3 nitrogen and oxygen atoms in total.